The first-order valence-corrected chi connectivity index (χ1v) is 6.96. The highest BCUT2D eigenvalue weighted by Crippen LogP contribution is 2.02. The Labute approximate surface area is 84.9 Å². The SMILES string of the molecule is CCCNC(CC)CCCS(C)=O. The highest BCUT2D eigenvalue weighted by molar-refractivity contribution is 7.84. The first-order valence-electron chi connectivity index (χ1n) is 5.24. The molecule has 2 nitrogen and oxygen atoms in total. The van der Waals surface area contributed by atoms with Gasteiger partial charge in [0.2, 0.25) is 0 Å². The van der Waals surface area contributed by atoms with Gasteiger partial charge in [-0.25, -0.2) is 0 Å². The second-order valence-corrected chi connectivity index (χ2v) is 5.03. The summed E-state index contributed by atoms with van der Waals surface area (Å²) in [6.45, 7) is 5.49. The topological polar surface area (TPSA) is 29.1 Å². The molecule has 13 heavy (non-hydrogen) atoms. The van der Waals surface area contributed by atoms with E-state index in [0.29, 0.717) is 6.04 Å². The van der Waals surface area contributed by atoms with E-state index in [2.05, 4.69) is 19.2 Å². The Balaban J connectivity index is 3.41. The molecule has 80 valence electrons. The lowest BCUT2D eigenvalue weighted by Crippen LogP contribution is -2.29. The van der Waals surface area contributed by atoms with Crippen LogP contribution in [0.25, 0.3) is 0 Å². The second kappa shape index (κ2) is 8.70. The van der Waals surface area contributed by atoms with Crippen LogP contribution in [0.2, 0.25) is 0 Å². The van der Waals surface area contributed by atoms with Crippen LogP contribution in [0.15, 0.2) is 0 Å². The Morgan fingerprint density at radius 2 is 2.08 bits per heavy atom. The third kappa shape index (κ3) is 8.44. The zero-order valence-corrected chi connectivity index (χ0v) is 9.95. The van der Waals surface area contributed by atoms with E-state index in [9.17, 15) is 4.21 Å². The third-order valence-corrected chi connectivity index (χ3v) is 3.02. The van der Waals surface area contributed by atoms with E-state index in [0.717, 1.165) is 25.1 Å². The predicted molar refractivity (Wildman–Crippen MR) is 60.5 cm³/mol. The largest absolute Gasteiger partial charge is 0.314 e. The van der Waals surface area contributed by atoms with E-state index >= 15 is 0 Å². The molecule has 0 saturated carbocycles. The lowest BCUT2D eigenvalue weighted by molar-refractivity contribution is 0.464. The fraction of sp³-hybridized carbons (Fsp3) is 1.00. The van der Waals surface area contributed by atoms with Crippen LogP contribution in [0.5, 0.6) is 0 Å². The normalized spacial score (nSPS) is 15.6. The molecule has 2 atom stereocenters. The second-order valence-electron chi connectivity index (χ2n) is 3.48. The van der Waals surface area contributed by atoms with Gasteiger partial charge in [-0.2, -0.15) is 0 Å². The van der Waals surface area contributed by atoms with Gasteiger partial charge in [-0.1, -0.05) is 13.8 Å². The molecule has 0 bridgehead atoms. The molecule has 0 aromatic carbocycles. The van der Waals surface area contributed by atoms with E-state index in [1.54, 1.807) is 6.26 Å². The fourth-order valence-corrected chi connectivity index (χ4v) is 1.91. The molecule has 0 fully saturated rings. The summed E-state index contributed by atoms with van der Waals surface area (Å²) in [7, 11) is -0.617. The molecule has 0 saturated heterocycles. The first-order chi connectivity index (χ1) is 6.20. The van der Waals surface area contributed by atoms with Gasteiger partial charge in [0, 0.05) is 28.9 Å². The van der Waals surface area contributed by atoms with Gasteiger partial charge in [-0.05, 0) is 32.2 Å². The van der Waals surface area contributed by atoms with Gasteiger partial charge in [0.05, 0.1) is 0 Å². The van der Waals surface area contributed by atoms with Crippen LogP contribution < -0.4 is 5.32 Å². The zero-order valence-electron chi connectivity index (χ0n) is 9.14. The zero-order chi connectivity index (χ0) is 10.1. The van der Waals surface area contributed by atoms with E-state index < -0.39 is 10.8 Å². The molecular formula is C10H23NOS. The van der Waals surface area contributed by atoms with E-state index in [4.69, 9.17) is 0 Å². The lowest BCUT2D eigenvalue weighted by atomic mass is 10.1. The van der Waals surface area contributed by atoms with Crippen molar-refractivity contribution in [3.05, 3.63) is 0 Å². The van der Waals surface area contributed by atoms with Crippen molar-refractivity contribution in [2.45, 2.75) is 45.6 Å². The molecule has 0 aliphatic rings. The summed E-state index contributed by atoms with van der Waals surface area (Å²) in [5.41, 5.74) is 0. The van der Waals surface area contributed by atoms with Crippen LogP contribution in [0, 0.1) is 0 Å². The summed E-state index contributed by atoms with van der Waals surface area (Å²) >= 11 is 0. The molecule has 0 radical (unpaired) electrons. The van der Waals surface area contributed by atoms with Crippen molar-refractivity contribution in [1.29, 1.82) is 0 Å². The maximum Gasteiger partial charge on any atom is 0.0232 e. The minimum Gasteiger partial charge on any atom is -0.314 e. The molecule has 2 unspecified atom stereocenters. The summed E-state index contributed by atoms with van der Waals surface area (Å²) in [5.74, 6) is 0.851. The van der Waals surface area contributed by atoms with Crippen molar-refractivity contribution >= 4 is 10.8 Å². The molecule has 0 aliphatic heterocycles. The quantitative estimate of drug-likeness (QED) is 0.656. The summed E-state index contributed by atoms with van der Waals surface area (Å²) in [6, 6.07) is 0.628. The Morgan fingerprint density at radius 1 is 1.38 bits per heavy atom. The van der Waals surface area contributed by atoms with Gasteiger partial charge in [-0.3, -0.25) is 4.21 Å². The van der Waals surface area contributed by atoms with Crippen LogP contribution in [-0.2, 0) is 10.8 Å². The molecule has 0 spiro atoms. The fourth-order valence-electron chi connectivity index (χ4n) is 1.33. The summed E-state index contributed by atoms with van der Waals surface area (Å²) in [5, 5.41) is 3.49. The number of rotatable bonds is 8. The highest BCUT2D eigenvalue weighted by Gasteiger charge is 2.04. The van der Waals surface area contributed by atoms with Crippen LogP contribution in [0.4, 0.5) is 0 Å². The summed E-state index contributed by atoms with van der Waals surface area (Å²) in [6.07, 6.45) is 6.39. The molecular weight excluding hydrogens is 182 g/mol. The Kier molecular flexibility index (Phi) is 8.77. The molecule has 0 amide bonds. The van der Waals surface area contributed by atoms with E-state index in [-0.39, 0.29) is 0 Å². The maximum absolute atomic E-state index is 10.8. The Bertz CT molecular complexity index is 139. The number of hydrogen-bond donors (Lipinski definition) is 1. The van der Waals surface area contributed by atoms with Gasteiger partial charge in [0.25, 0.3) is 0 Å². The van der Waals surface area contributed by atoms with Crippen molar-refractivity contribution in [1.82, 2.24) is 5.32 Å². The van der Waals surface area contributed by atoms with Crippen molar-refractivity contribution in [2.24, 2.45) is 0 Å². The van der Waals surface area contributed by atoms with Gasteiger partial charge in [0.1, 0.15) is 0 Å². The third-order valence-electron chi connectivity index (χ3n) is 2.16. The van der Waals surface area contributed by atoms with Gasteiger partial charge in [-0.15, -0.1) is 0 Å². The maximum atomic E-state index is 10.8. The van der Waals surface area contributed by atoms with Crippen LogP contribution in [-0.4, -0.2) is 28.8 Å². The van der Waals surface area contributed by atoms with Gasteiger partial charge < -0.3 is 5.32 Å². The average Bonchev–Trinajstić information content (AvgIpc) is 2.10. The Hall–Kier alpha value is 0.110. The van der Waals surface area contributed by atoms with Crippen LogP contribution in [0.1, 0.15) is 39.5 Å². The van der Waals surface area contributed by atoms with E-state index in [1.807, 2.05) is 0 Å². The van der Waals surface area contributed by atoms with Crippen LogP contribution >= 0.6 is 0 Å². The van der Waals surface area contributed by atoms with E-state index in [1.165, 1.54) is 12.8 Å². The average molecular weight is 205 g/mol. The molecule has 1 N–H and O–H groups in total. The Morgan fingerprint density at radius 3 is 2.54 bits per heavy atom. The number of hydrogen-bond acceptors (Lipinski definition) is 2. The minimum absolute atomic E-state index is 0.617. The van der Waals surface area contributed by atoms with Crippen molar-refractivity contribution in [3.63, 3.8) is 0 Å². The predicted octanol–water partition coefficient (Wildman–Crippen LogP) is 1.92. The van der Waals surface area contributed by atoms with Crippen molar-refractivity contribution < 1.29 is 4.21 Å². The monoisotopic (exact) mass is 205 g/mol. The van der Waals surface area contributed by atoms with Crippen molar-refractivity contribution in [3.8, 4) is 0 Å². The molecule has 0 rings (SSSR count). The highest BCUT2D eigenvalue weighted by atomic mass is 32.2. The van der Waals surface area contributed by atoms with Crippen LogP contribution in [0.3, 0.4) is 0 Å². The van der Waals surface area contributed by atoms with Gasteiger partial charge >= 0.3 is 0 Å². The minimum atomic E-state index is -0.617. The molecule has 0 heterocycles. The molecule has 0 aliphatic carbocycles. The summed E-state index contributed by atoms with van der Waals surface area (Å²) in [4.78, 5) is 0. The molecule has 0 aromatic rings. The smallest absolute Gasteiger partial charge is 0.0232 e. The standard InChI is InChI=1S/C10H23NOS/c1-4-8-11-10(5-2)7-6-9-13(3)12/h10-11H,4-9H2,1-3H3. The van der Waals surface area contributed by atoms with Crippen molar-refractivity contribution in [2.75, 3.05) is 18.6 Å². The number of nitrogens with one attached hydrogen (secondary N) is 1. The molecule has 3 heteroatoms. The first kappa shape index (κ1) is 13.1. The summed E-state index contributed by atoms with van der Waals surface area (Å²) < 4.78 is 10.8. The lowest BCUT2D eigenvalue weighted by Gasteiger charge is -2.15. The molecule has 0 aromatic heterocycles. The van der Waals surface area contributed by atoms with Gasteiger partial charge in [0.15, 0.2) is 0 Å².